The van der Waals surface area contributed by atoms with E-state index in [1.165, 1.54) is 0 Å². The number of alkyl carbamates (subject to hydrolysis) is 1. The maximum absolute atomic E-state index is 13.6. The van der Waals surface area contributed by atoms with Crippen LogP contribution in [0.15, 0.2) is 35.4 Å². The summed E-state index contributed by atoms with van der Waals surface area (Å²) in [4.78, 5) is 17.9. The summed E-state index contributed by atoms with van der Waals surface area (Å²) in [6, 6.07) is 7.49. The number of nitrogens with one attached hydrogen (secondary N) is 3. The third kappa shape index (κ3) is 5.88. The Labute approximate surface area is 227 Å². The summed E-state index contributed by atoms with van der Waals surface area (Å²) in [5.74, 6) is 0.938. The highest BCUT2D eigenvalue weighted by atomic mass is 32.2. The van der Waals surface area contributed by atoms with Gasteiger partial charge in [0, 0.05) is 41.2 Å². The first-order chi connectivity index (χ1) is 18.2. The van der Waals surface area contributed by atoms with Crippen LogP contribution < -0.4 is 10.6 Å². The number of benzene rings is 1. The van der Waals surface area contributed by atoms with Gasteiger partial charge in [-0.1, -0.05) is 12.5 Å². The van der Waals surface area contributed by atoms with E-state index in [-0.39, 0.29) is 23.5 Å². The maximum atomic E-state index is 13.6. The van der Waals surface area contributed by atoms with Crippen molar-refractivity contribution in [1.29, 1.82) is 0 Å². The molecule has 0 spiro atoms. The minimum absolute atomic E-state index is 0.106. The van der Waals surface area contributed by atoms with Crippen molar-refractivity contribution in [2.24, 2.45) is 0 Å². The number of rotatable bonds is 8. The summed E-state index contributed by atoms with van der Waals surface area (Å²) in [5.41, 5.74) is 2.31. The van der Waals surface area contributed by atoms with E-state index in [4.69, 9.17) is 9.72 Å². The zero-order chi connectivity index (χ0) is 26.9. The lowest BCUT2D eigenvalue weighted by atomic mass is 9.86. The Morgan fingerprint density at radius 2 is 1.89 bits per heavy atom. The second kappa shape index (κ2) is 11.1. The molecule has 1 aromatic carbocycles. The number of aryl methyl sites for hydroxylation is 1. The third-order valence-electron chi connectivity index (χ3n) is 7.29. The molecule has 204 valence electrons. The van der Waals surface area contributed by atoms with E-state index in [2.05, 4.69) is 20.8 Å². The van der Waals surface area contributed by atoms with Crippen molar-refractivity contribution in [2.75, 3.05) is 5.32 Å². The molecule has 1 amide bonds. The number of anilines is 2. The monoisotopic (exact) mass is 557 g/mol. The fourth-order valence-electron chi connectivity index (χ4n) is 5.03. The number of aromatic amines is 1. The highest BCUT2D eigenvalue weighted by Gasteiger charge is 2.35. The van der Waals surface area contributed by atoms with Crippen LogP contribution in [0.4, 0.5) is 16.3 Å². The van der Waals surface area contributed by atoms with E-state index in [0.717, 1.165) is 47.7 Å². The molecule has 0 unspecified atom stereocenters. The lowest BCUT2D eigenvalue weighted by Gasteiger charge is -2.28. The molecule has 2 fully saturated rings. The molecule has 3 N–H and O–H groups in total. The lowest BCUT2D eigenvalue weighted by Crippen LogP contribution is -2.38. The zero-order valence-corrected chi connectivity index (χ0v) is 23.6. The van der Waals surface area contributed by atoms with Gasteiger partial charge >= 0.3 is 6.09 Å². The first-order valence-corrected chi connectivity index (χ1v) is 15.7. The predicted molar refractivity (Wildman–Crippen MR) is 149 cm³/mol. The van der Waals surface area contributed by atoms with Crippen LogP contribution in [0, 0.1) is 6.92 Å². The van der Waals surface area contributed by atoms with E-state index in [1.807, 2.05) is 45.2 Å². The SMILES string of the molecule is Cc1cc(Nc2ccc(-c3cnc(C4CCC(NC(=O)OC(C)C)CC4)s3)c(S(=O)(=O)C3CCC3)c2)n[nH]1. The van der Waals surface area contributed by atoms with Gasteiger partial charge in [-0.2, -0.15) is 5.10 Å². The van der Waals surface area contributed by atoms with Crippen molar-refractivity contribution in [2.45, 2.75) is 93.9 Å². The Bertz CT molecular complexity index is 1390. The van der Waals surface area contributed by atoms with Crippen LogP contribution in [-0.2, 0) is 14.6 Å². The second-order valence-electron chi connectivity index (χ2n) is 10.6. The van der Waals surface area contributed by atoms with Crippen LogP contribution in [-0.4, -0.2) is 47.1 Å². The fraction of sp³-hybridized carbons (Fsp3) is 0.519. The Morgan fingerprint density at radius 1 is 1.13 bits per heavy atom. The second-order valence-corrected chi connectivity index (χ2v) is 13.8. The largest absolute Gasteiger partial charge is 0.447 e. The number of thiazole rings is 1. The summed E-state index contributed by atoms with van der Waals surface area (Å²) >= 11 is 1.57. The van der Waals surface area contributed by atoms with E-state index in [1.54, 1.807) is 17.4 Å². The van der Waals surface area contributed by atoms with Gasteiger partial charge in [0.05, 0.1) is 26.1 Å². The molecule has 2 aromatic heterocycles. The van der Waals surface area contributed by atoms with Crippen LogP contribution in [0.5, 0.6) is 0 Å². The molecule has 2 saturated carbocycles. The van der Waals surface area contributed by atoms with Crippen molar-refractivity contribution in [3.8, 4) is 10.4 Å². The Kier molecular flexibility index (Phi) is 7.76. The normalized spacial score (nSPS) is 20.2. The summed E-state index contributed by atoms with van der Waals surface area (Å²) in [6.45, 7) is 5.59. The predicted octanol–water partition coefficient (Wildman–Crippen LogP) is 6.07. The minimum Gasteiger partial charge on any atom is -0.447 e. The van der Waals surface area contributed by atoms with Crippen LogP contribution in [0.25, 0.3) is 10.4 Å². The molecule has 0 atom stereocenters. The standard InChI is InChI=1S/C27H35N5O4S2/c1-16(2)36-27(33)30-19-9-7-18(8-10-19)26-28-15-23(37-26)22-12-11-20(29-25-13-17(3)31-32-25)14-24(22)38(34,35)21-5-4-6-21/h11-16,18-19,21H,4-10H2,1-3H3,(H,30,33)(H2,29,31,32). The number of H-pyrrole nitrogens is 1. The molecule has 3 aromatic rings. The van der Waals surface area contributed by atoms with Crippen LogP contribution in [0.3, 0.4) is 0 Å². The fourth-order valence-corrected chi connectivity index (χ4v) is 8.31. The van der Waals surface area contributed by atoms with Crippen molar-refractivity contribution in [1.82, 2.24) is 20.5 Å². The van der Waals surface area contributed by atoms with Gasteiger partial charge in [0.2, 0.25) is 0 Å². The molecular formula is C27H35N5O4S2. The van der Waals surface area contributed by atoms with Gasteiger partial charge in [-0.05, 0) is 71.4 Å². The lowest BCUT2D eigenvalue weighted by molar-refractivity contribution is 0.109. The smallest absolute Gasteiger partial charge is 0.407 e. The average Bonchev–Trinajstić information content (AvgIpc) is 3.47. The molecule has 2 aliphatic rings. The Morgan fingerprint density at radius 3 is 2.53 bits per heavy atom. The van der Waals surface area contributed by atoms with E-state index >= 15 is 0 Å². The first kappa shape index (κ1) is 26.7. The van der Waals surface area contributed by atoms with E-state index < -0.39 is 9.84 Å². The Balaban J connectivity index is 1.34. The topological polar surface area (TPSA) is 126 Å². The van der Waals surface area contributed by atoms with E-state index in [9.17, 15) is 13.2 Å². The number of amides is 1. The van der Waals surface area contributed by atoms with Gasteiger partial charge in [-0.15, -0.1) is 11.3 Å². The minimum atomic E-state index is -3.48. The van der Waals surface area contributed by atoms with Gasteiger partial charge in [0.1, 0.15) is 0 Å². The molecular weight excluding hydrogens is 522 g/mol. The van der Waals surface area contributed by atoms with Crippen molar-refractivity contribution < 1.29 is 17.9 Å². The number of hydrogen-bond donors (Lipinski definition) is 3. The van der Waals surface area contributed by atoms with E-state index in [0.29, 0.717) is 40.7 Å². The number of sulfone groups is 1. The number of carbonyl (C=O) groups is 1. The first-order valence-electron chi connectivity index (χ1n) is 13.3. The maximum Gasteiger partial charge on any atom is 0.407 e. The van der Waals surface area contributed by atoms with Crippen molar-refractivity contribution in [3.05, 3.63) is 41.2 Å². The van der Waals surface area contributed by atoms with Gasteiger partial charge in [-0.25, -0.2) is 18.2 Å². The highest BCUT2D eigenvalue weighted by molar-refractivity contribution is 7.92. The number of nitrogens with zero attached hydrogens (tertiary/aromatic N) is 2. The number of ether oxygens (including phenoxy) is 1. The molecule has 0 saturated heterocycles. The molecule has 5 rings (SSSR count). The molecule has 9 nitrogen and oxygen atoms in total. The number of hydrogen-bond acceptors (Lipinski definition) is 8. The van der Waals surface area contributed by atoms with Crippen LogP contribution in [0.1, 0.15) is 75.4 Å². The highest BCUT2D eigenvalue weighted by Crippen LogP contribution is 2.42. The zero-order valence-electron chi connectivity index (χ0n) is 22.0. The summed E-state index contributed by atoms with van der Waals surface area (Å²) in [7, 11) is -3.48. The van der Waals surface area contributed by atoms with Gasteiger partial charge in [0.15, 0.2) is 15.7 Å². The van der Waals surface area contributed by atoms with Crippen LogP contribution >= 0.6 is 11.3 Å². The third-order valence-corrected chi connectivity index (χ3v) is 10.8. The number of aromatic nitrogens is 3. The quantitative estimate of drug-likeness (QED) is 0.307. The molecule has 0 radical (unpaired) electrons. The van der Waals surface area contributed by atoms with Gasteiger partial charge in [-0.3, -0.25) is 5.10 Å². The Hall–Kier alpha value is -2.92. The van der Waals surface area contributed by atoms with Crippen LogP contribution in [0.2, 0.25) is 0 Å². The molecule has 0 bridgehead atoms. The van der Waals surface area contributed by atoms with Gasteiger partial charge < -0.3 is 15.4 Å². The van der Waals surface area contributed by atoms with Gasteiger partial charge in [0.25, 0.3) is 0 Å². The number of carbonyl (C=O) groups excluding carboxylic acids is 1. The summed E-state index contributed by atoms with van der Waals surface area (Å²) in [6.07, 6.45) is 7.21. The average molecular weight is 558 g/mol. The molecule has 0 aliphatic heterocycles. The summed E-state index contributed by atoms with van der Waals surface area (Å²) < 4.78 is 32.4. The molecule has 38 heavy (non-hydrogen) atoms. The van der Waals surface area contributed by atoms with Crippen molar-refractivity contribution in [3.63, 3.8) is 0 Å². The summed E-state index contributed by atoms with van der Waals surface area (Å²) in [5, 5.41) is 14.0. The van der Waals surface area contributed by atoms with Crippen molar-refractivity contribution >= 4 is 38.8 Å². The molecule has 2 aliphatic carbocycles. The molecule has 2 heterocycles. The molecule has 11 heteroatoms.